The molecule has 0 aliphatic heterocycles. The SMILES string of the molecule is c1cc(-c2cncnc2)cc(-c2ncc(-c3cccc(-c4cncnc4)c3)c(-c3cccc(-c4cncnc4)c3)n2)c1.c1ccc(-c2cccc(-c3nc(-c4cccc(-c5ccccc5)c4)c(-c4cccc(-c5cncnc5)c4)c(-c4cccc(-c5ccccc5)c4)n3)c2)cc1.c1ccc(-c2cccc(-c3nc(-c4cccc(-c5cncnc5)c4)nc(-c4cccc(-c5ccccc5)c4)c3-c3cccc(-c4ccccc4)c3)c2)cc1. The number of benzene rings is 17. The summed E-state index contributed by atoms with van der Waals surface area (Å²) in [5.74, 6) is 1.91. The van der Waals surface area contributed by atoms with Crippen molar-refractivity contribution in [3.8, 4) is 246 Å². The highest BCUT2D eigenvalue weighted by Crippen LogP contribution is 2.47. The van der Waals surface area contributed by atoms with E-state index >= 15 is 0 Å². The fourth-order valence-electron chi connectivity index (χ4n) is 18.9. The van der Waals surface area contributed by atoms with Crippen LogP contribution in [0.2, 0.25) is 0 Å². The first-order chi connectivity index (χ1) is 74.3. The van der Waals surface area contributed by atoms with E-state index in [2.05, 4.69) is 420 Å². The molecule has 150 heavy (non-hydrogen) atoms. The summed E-state index contributed by atoms with van der Waals surface area (Å²) in [6.07, 6.45) is 27.8. The van der Waals surface area contributed by atoms with E-state index in [1.807, 2.05) is 135 Å². The highest BCUT2D eigenvalue weighted by molar-refractivity contribution is 5.98. The molecule has 0 radical (unpaired) electrons. The highest BCUT2D eigenvalue weighted by Gasteiger charge is 2.27. The summed E-state index contributed by atoms with van der Waals surface area (Å²) in [4.78, 5) is 74.2. The van der Waals surface area contributed by atoms with Gasteiger partial charge >= 0.3 is 0 Å². The zero-order valence-electron chi connectivity index (χ0n) is 81.1. The lowest BCUT2D eigenvalue weighted by Crippen LogP contribution is -2.01. The molecule has 25 aromatic rings. The minimum atomic E-state index is 0.619. The fourth-order valence-corrected chi connectivity index (χ4v) is 18.9. The Morgan fingerprint density at radius 1 is 0.107 bits per heavy atom. The summed E-state index contributed by atoms with van der Waals surface area (Å²) in [6.45, 7) is 0. The van der Waals surface area contributed by atoms with Crippen LogP contribution in [0.15, 0.2) is 549 Å². The van der Waals surface area contributed by atoms with Gasteiger partial charge in [0.2, 0.25) is 0 Å². The summed E-state index contributed by atoms with van der Waals surface area (Å²) in [5, 5.41) is 0. The largest absolute Gasteiger partial charge is 0.244 e. The van der Waals surface area contributed by atoms with Crippen LogP contribution in [-0.4, -0.2) is 79.7 Å². The highest BCUT2D eigenvalue weighted by atomic mass is 14.9. The van der Waals surface area contributed by atoms with Gasteiger partial charge < -0.3 is 0 Å². The van der Waals surface area contributed by atoms with Gasteiger partial charge in [-0.1, -0.05) is 382 Å². The number of rotatable bonds is 22. The molecule has 0 saturated heterocycles. The summed E-state index contributed by atoms with van der Waals surface area (Å²) in [6, 6.07) is 156. The van der Waals surface area contributed by atoms with Crippen LogP contribution in [-0.2, 0) is 0 Å². The first-order valence-corrected chi connectivity index (χ1v) is 49.3. The lowest BCUT2D eigenvalue weighted by atomic mass is 9.90. The van der Waals surface area contributed by atoms with Gasteiger partial charge in [-0.3, -0.25) is 0 Å². The zero-order chi connectivity index (χ0) is 100. The van der Waals surface area contributed by atoms with E-state index < -0.39 is 0 Å². The molecule has 0 saturated carbocycles. The second-order valence-electron chi connectivity index (χ2n) is 35.9. The third-order valence-corrected chi connectivity index (χ3v) is 26.2. The van der Waals surface area contributed by atoms with Crippen molar-refractivity contribution in [3.05, 3.63) is 549 Å². The van der Waals surface area contributed by atoms with Crippen LogP contribution in [0.5, 0.6) is 0 Å². The maximum absolute atomic E-state index is 5.49. The molecule has 0 aliphatic rings. The topological polar surface area (TPSA) is 206 Å². The fraction of sp³-hybridized carbons (Fsp3) is 0. The summed E-state index contributed by atoms with van der Waals surface area (Å²) < 4.78 is 0. The molecular weight excluding hydrogens is 1830 g/mol. The van der Waals surface area contributed by atoms with Crippen molar-refractivity contribution in [3.63, 3.8) is 0 Å². The maximum atomic E-state index is 5.49. The Morgan fingerprint density at radius 3 is 0.507 bits per heavy atom. The molecule has 8 aromatic heterocycles. The Morgan fingerprint density at radius 2 is 0.267 bits per heavy atom. The van der Waals surface area contributed by atoms with Crippen molar-refractivity contribution in [1.29, 1.82) is 0 Å². The number of aromatic nitrogens is 16. The molecule has 0 aliphatic carbocycles. The van der Waals surface area contributed by atoms with E-state index in [9.17, 15) is 0 Å². The smallest absolute Gasteiger partial charge is 0.160 e. The predicted molar refractivity (Wildman–Crippen MR) is 604 cm³/mol. The van der Waals surface area contributed by atoms with Crippen LogP contribution in [0.4, 0.5) is 0 Å². The molecule has 25 rings (SSSR count). The number of nitrogens with zero attached hydrogens (tertiary/aromatic N) is 16. The van der Waals surface area contributed by atoms with Crippen LogP contribution in [0.3, 0.4) is 0 Å². The predicted octanol–water partition coefficient (Wildman–Crippen LogP) is 32.1. The lowest BCUT2D eigenvalue weighted by molar-refractivity contribution is 1.17. The normalized spacial score (nSPS) is 10.9. The molecule has 706 valence electrons. The second-order valence-corrected chi connectivity index (χ2v) is 35.9. The van der Waals surface area contributed by atoms with Crippen LogP contribution in [0.25, 0.3) is 246 Å². The summed E-state index contributed by atoms with van der Waals surface area (Å²) >= 11 is 0. The molecule has 0 unspecified atom stereocenters. The van der Waals surface area contributed by atoms with Gasteiger partial charge in [-0.15, -0.1) is 0 Å². The zero-order valence-corrected chi connectivity index (χ0v) is 81.1. The second kappa shape index (κ2) is 44.1. The molecule has 17 aromatic carbocycles. The number of hydrogen-bond acceptors (Lipinski definition) is 16. The van der Waals surface area contributed by atoms with Gasteiger partial charge in [0, 0.05) is 157 Å². The van der Waals surface area contributed by atoms with E-state index in [4.69, 9.17) is 29.9 Å². The molecule has 0 amide bonds. The third-order valence-electron chi connectivity index (χ3n) is 26.2. The van der Waals surface area contributed by atoms with E-state index in [0.717, 1.165) is 229 Å². The van der Waals surface area contributed by atoms with Crippen molar-refractivity contribution in [2.75, 3.05) is 0 Å². The van der Waals surface area contributed by atoms with E-state index in [-0.39, 0.29) is 0 Å². The van der Waals surface area contributed by atoms with Gasteiger partial charge in [0.25, 0.3) is 0 Å². The molecule has 16 heteroatoms. The van der Waals surface area contributed by atoms with Crippen LogP contribution >= 0.6 is 0 Å². The van der Waals surface area contributed by atoms with E-state index in [0.29, 0.717) is 17.5 Å². The van der Waals surface area contributed by atoms with Gasteiger partial charge in [0.05, 0.1) is 28.5 Å². The Bertz CT molecular complexity index is 8440. The van der Waals surface area contributed by atoms with Crippen molar-refractivity contribution in [2.24, 2.45) is 0 Å². The first kappa shape index (κ1) is 93.1. The maximum Gasteiger partial charge on any atom is 0.160 e. The van der Waals surface area contributed by atoms with E-state index in [1.54, 1.807) is 25.0 Å². The molecule has 16 nitrogen and oxygen atoms in total. The summed E-state index contributed by atoms with van der Waals surface area (Å²) in [7, 11) is 0. The Kier molecular flexibility index (Phi) is 27.3. The third kappa shape index (κ3) is 21.1. The quantitative estimate of drug-likeness (QED) is 0.0618. The average molecular weight is 1920 g/mol. The van der Waals surface area contributed by atoms with Crippen molar-refractivity contribution < 1.29 is 0 Å². The number of hydrogen-bond donors (Lipinski definition) is 0. The summed E-state index contributed by atoms with van der Waals surface area (Å²) in [5.41, 5.74) is 41.1. The minimum Gasteiger partial charge on any atom is -0.244 e. The molecule has 0 N–H and O–H groups in total. The molecule has 0 bridgehead atoms. The van der Waals surface area contributed by atoms with Gasteiger partial charge in [-0.2, -0.15) is 0 Å². The average Bonchev–Trinajstić information content (AvgIpc) is 0.753. The van der Waals surface area contributed by atoms with Gasteiger partial charge in [0.15, 0.2) is 17.5 Å². The van der Waals surface area contributed by atoms with Gasteiger partial charge in [-0.25, -0.2) is 79.7 Å². The molecular formula is C134H90N16. The standard InChI is InChI=1S/2C50H34N4.C34H22N8/c1-4-14-35(15-5-1)38-20-11-25-43(29-38)48-47(42-24-10-23-41(28-42)46-32-51-34-52-33-46)49(44-26-12-21-39(30-44)36-16-6-2-7-17-36)54-50(53-48)45-27-13-22-40(31-45)37-18-8-3-9-19-37;1-4-14-35(15-5-1)38-20-10-24-42(28-38)47-48(43-25-11-21-39(29-43)36-16-6-2-7-17-36)53-50(45-27-13-23-41(31-45)46-32-51-34-52-33-46)54-49(47)44-26-12-22-40(30-44)37-18-8-3-9-19-37;1-4-23(29-13-35-20-36-14-29)10-26(7-1)32-19-41-34(28-9-3-6-25(12-28)31-17-39-22-40-18-31)42-33(32)27-8-2-5-24(11-27)30-15-37-21-38-16-30/h2*1-34H;1-22H. The van der Waals surface area contributed by atoms with Crippen LogP contribution in [0, 0.1) is 0 Å². The van der Waals surface area contributed by atoms with E-state index in [1.165, 1.54) is 19.0 Å². The Hall–Kier alpha value is -20.6. The lowest BCUT2D eigenvalue weighted by Gasteiger charge is -2.19. The van der Waals surface area contributed by atoms with Gasteiger partial charge in [0.1, 0.15) is 31.6 Å². The van der Waals surface area contributed by atoms with Crippen molar-refractivity contribution in [2.45, 2.75) is 0 Å². The minimum absolute atomic E-state index is 0.619. The Balaban J connectivity index is 0.000000124. The van der Waals surface area contributed by atoms with Crippen molar-refractivity contribution in [1.82, 2.24) is 79.7 Å². The molecule has 0 atom stereocenters. The first-order valence-electron chi connectivity index (χ1n) is 49.3. The van der Waals surface area contributed by atoms with Gasteiger partial charge in [-0.05, 0) is 178 Å². The van der Waals surface area contributed by atoms with Crippen LogP contribution in [0.1, 0.15) is 0 Å². The molecule has 0 spiro atoms. The van der Waals surface area contributed by atoms with Crippen molar-refractivity contribution >= 4 is 0 Å². The monoisotopic (exact) mass is 1920 g/mol. The molecule has 8 heterocycles. The van der Waals surface area contributed by atoms with Crippen LogP contribution < -0.4 is 0 Å². The molecule has 0 fully saturated rings. The Labute approximate surface area is 868 Å².